The maximum absolute atomic E-state index is 13.9. The standard InChI is InChI=1S/C29H42N4O7S/c1-29(2,13-14-30)19-32(41(37,38)22-10-8-21(31)9-11-22)17-26(34)24(16-20-6-4-3-5-7-20)33(28(35)36)25-18-40-27-23(25)12-15-39-27/h3-11,23-27,34H,12-19,30-31H2,1-2H3,(H,35,36)/p-1/t23-,24-,25-,26+,27+/m0/s1. The number of aliphatic hydroxyl groups excluding tert-OH is 1. The Morgan fingerprint density at radius 3 is 2.46 bits per heavy atom. The van der Waals surface area contributed by atoms with E-state index in [9.17, 15) is 23.4 Å². The van der Waals surface area contributed by atoms with E-state index in [0.717, 1.165) is 10.5 Å². The predicted molar refractivity (Wildman–Crippen MR) is 152 cm³/mol. The van der Waals surface area contributed by atoms with Crippen molar-refractivity contribution in [3.8, 4) is 0 Å². The first kappa shape index (κ1) is 31.2. The molecule has 0 spiro atoms. The fourth-order valence-electron chi connectivity index (χ4n) is 5.84. The summed E-state index contributed by atoms with van der Waals surface area (Å²) >= 11 is 0. The third-order valence-corrected chi connectivity index (χ3v) is 9.83. The molecule has 2 saturated heterocycles. The summed E-state index contributed by atoms with van der Waals surface area (Å²) in [5.74, 6) is -0.212. The average molecular weight is 590 g/mol. The minimum Gasteiger partial charge on any atom is -0.530 e. The largest absolute Gasteiger partial charge is 0.530 e. The first-order valence-electron chi connectivity index (χ1n) is 13.9. The lowest BCUT2D eigenvalue weighted by Gasteiger charge is -2.43. The topological polar surface area (TPSA) is 171 Å². The van der Waals surface area contributed by atoms with Gasteiger partial charge in [0, 0.05) is 24.7 Å². The molecule has 2 heterocycles. The molecule has 0 aromatic heterocycles. The number of carbonyl (C=O) groups is 1. The number of carboxylic acid groups (broad SMARTS) is 1. The summed E-state index contributed by atoms with van der Waals surface area (Å²) in [4.78, 5) is 13.9. The molecule has 0 radical (unpaired) electrons. The quantitative estimate of drug-likeness (QED) is 0.288. The Labute approximate surface area is 242 Å². The summed E-state index contributed by atoms with van der Waals surface area (Å²) < 4.78 is 40.4. The van der Waals surface area contributed by atoms with Gasteiger partial charge < -0.3 is 40.8 Å². The Morgan fingerprint density at radius 1 is 1.15 bits per heavy atom. The summed E-state index contributed by atoms with van der Waals surface area (Å²) in [5, 5.41) is 24.5. The number of amides is 1. The van der Waals surface area contributed by atoms with E-state index >= 15 is 0 Å². The van der Waals surface area contributed by atoms with Crippen molar-refractivity contribution in [2.24, 2.45) is 17.1 Å². The van der Waals surface area contributed by atoms with E-state index < -0.39 is 46.0 Å². The van der Waals surface area contributed by atoms with E-state index in [1.165, 1.54) is 28.6 Å². The molecule has 0 unspecified atom stereocenters. The van der Waals surface area contributed by atoms with Gasteiger partial charge in [0.05, 0.1) is 36.3 Å². The lowest BCUT2D eigenvalue weighted by atomic mass is 9.89. The summed E-state index contributed by atoms with van der Waals surface area (Å²) in [6.07, 6.45) is -2.08. The molecule has 0 aliphatic carbocycles. The van der Waals surface area contributed by atoms with Crippen molar-refractivity contribution in [2.75, 3.05) is 38.6 Å². The molecule has 0 bridgehead atoms. The van der Waals surface area contributed by atoms with E-state index in [1.807, 2.05) is 44.2 Å². The van der Waals surface area contributed by atoms with Crippen LogP contribution in [-0.2, 0) is 25.9 Å². The van der Waals surface area contributed by atoms with Crippen molar-refractivity contribution in [3.05, 3.63) is 60.2 Å². The van der Waals surface area contributed by atoms with Crippen LogP contribution in [0.15, 0.2) is 59.5 Å². The number of nitrogens with two attached hydrogens (primary N) is 2. The highest BCUT2D eigenvalue weighted by atomic mass is 32.2. The van der Waals surface area contributed by atoms with Crippen LogP contribution < -0.4 is 16.6 Å². The van der Waals surface area contributed by atoms with Gasteiger partial charge >= 0.3 is 0 Å². The van der Waals surface area contributed by atoms with Crippen LogP contribution in [0.3, 0.4) is 0 Å². The number of rotatable bonds is 13. The third-order valence-electron chi connectivity index (χ3n) is 8.00. The SMILES string of the molecule is CC(C)(CCN)CN(C[C@@H](O)[C@H](Cc1ccccc1)N(C(=O)[O-])[C@H]1CO[C@H]2OCC[C@H]21)S(=O)(=O)c1ccc(N)cc1. The van der Waals surface area contributed by atoms with Crippen molar-refractivity contribution in [2.45, 2.75) is 62.5 Å². The van der Waals surface area contributed by atoms with Crippen LogP contribution in [-0.4, -0.2) is 86.1 Å². The number of hydrogen-bond acceptors (Lipinski definition) is 9. The summed E-state index contributed by atoms with van der Waals surface area (Å²) in [7, 11) is -4.10. The molecular weight excluding hydrogens is 548 g/mol. The number of fused-ring (bicyclic) bond motifs is 1. The molecule has 226 valence electrons. The molecule has 2 aliphatic rings. The monoisotopic (exact) mass is 589 g/mol. The van der Waals surface area contributed by atoms with E-state index in [-0.39, 0.29) is 36.9 Å². The maximum atomic E-state index is 13.9. The first-order valence-corrected chi connectivity index (χ1v) is 15.4. The van der Waals surface area contributed by atoms with E-state index in [0.29, 0.717) is 31.7 Å². The fourth-order valence-corrected chi connectivity index (χ4v) is 7.48. The number of nitrogens with zero attached hydrogens (tertiary/aromatic N) is 2. The van der Waals surface area contributed by atoms with Gasteiger partial charge in [-0.3, -0.25) is 0 Å². The minimum absolute atomic E-state index is 0.0222. The van der Waals surface area contributed by atoms with E-state index in [1.54, 1.807) is 0 Å². The zero-order valence-corrected chi connectivity index (χ0v) is 24.4. The van der Waals surface area contributed by atoms with Crippen molar-refractivity contribution < 1.29 is 32.9 Å². The van der Waals surface area contributed by atoms with Crippen LogP contribution in [0, 0.1) is 11.3 Å². The van der Waals surface area contributed by atoms with Crippen molar-refractivity contribution >= 4 is 21.8 Å². The Hall–Kier alpha value is -2.74. The second kappa shape index (κ2) is 13.1. The summed E-state index contributed by atoms with van der Waals surface area (Å²) in [6, 6.07) is 13.4. The second-order valence-corrected chi connectivity index (χ2v) is 13.6. The molecule has 5 N–H and O–H groups in total. The molecular formula is C29H41N4O7S-. The number of aliphatic hydroxyl groups is 1. The van der Waals surface area contributed by atoms with E-state index in [2.05, 4.69) is 0 Å². The Kier molecular flexibility index (Phi) is 9.93. The highest BCUT2D eigenvalue weighted by Crippen LogP contribution is 2.36. The number of anilines is 1. The van der Waals surface area contributed by atoms with Crippen LogP contribution in [0.25, 0.3) is 0 Å². The Morgan fingerprint density at radius 2 is 1.83 bits per heavy atom. The van der Waals surface area contributed by atoms with Gasteiger partial charge in [0.25, 0.3) is 0 Å². The molecule has 2 aromatic rings. The summed E-state index contributed by atoms with van der Waals surface area (Å²) in [6.45, 7) is 4.42. The number of sulfonamides is 1. The number of benzene rings is 2. The molecule has 2 fully saturated rings. The van der Waals surface area contributed by atoms with Crippen LogP contribution in [0.1, 0.15) is 32.3 Å². The second-order valence-electron chi connectivity index (χ2n) is 11.7. The van der Waals surface area contributed by atoms with Crippen molar-refractivity contribution in [1.29, 1.82) is 0 Å². The van der Waals surface area contributed by atoms with Gasteiger partial charge in [0.1, 0.15) is 6.09 Å². The van der Waals surface area contributed by atoms with Crippen molar-refractivity contribution in [1.82, 2.24) is 9.21 Å². The number of carbonyl (C=O) groups excluding carboxylic acids is 1. The van der Waals surface area contributed by atoms with Crippen LogP contribution >= 0.6 is 0 Å². The average Bonchev–Trinajstić information content (AvgIpc) is 3.53. The normalized spacial score (nSPS) is 22.4. The van der Waals surface area contributed by atoms with Gasteiger partial charge in [-0.1, -0.05) is 44.2 Å². The maximum Gasteiger partial charge on any atom is 0.243 e. The lowest BCUT2D eigenvalue weighted by molar-refractivity contribution is -0.273. The van der Waals surface area contributed by atoms with Gasteiger partial charge in [-0.2, -0.15) is 4.31 Å². The van der Waals surface area contributed by atoms with Crippen LogP contribution in [0.5, 0.6) is 0 Å². The van der Waals surface area contributed by atoms with Crippen LogP contribution in [0.2, 0.25) is 0 Å². The number of nitrogen functional groups attached to an aromatic ring is 1. The van der Waals surface area contributed by atoms with Crippen molar-refractivity contribution in [3.63, 3.8) is 0 Å². The predicted octanol–water partition coefficient (Wildman–Crippen LogP) is 1.01. The molecule has 2 aliphatic heterocycles. The molecule has 1 amide bonds. The molecule has 41 heavy (non-hydrogen) atoms. The van der Waals surface area contributed by atoms with Crippen LogP contribution in [0.4, 0.5) is 10.5 Å². The number of hydrogen-bond donors (Lipinski definition) is 3. The zero-order chi connectivity index (χ0) is 29.8. The van der Waals surface area contributed by atoms with Gasteiger partial charge in [0.2, 0.25) is 10.0 Å². The van der Waals surface area contributed by atoms with Gasteiger partial charge in [-0.25, -0.2) is 8.42 Å². The third kappa shape index (κ3) is 7.37. The highest BCUT2D eigenvalue weighted by molar-refractivity contribution is 7.89. The molecule has 0 saturated carbocycles. The Bertz CT molecular complexity index is 1260. The first-order chi connectivity index (χ1) is 19.4. The van der Waals surface area contributed by atoms with Gasteiger partial charge in [-0.05, 0) is 61.1 Å². The molecule has 11 nitrogen and oxygen atoms in total. The number of ether oxygens (including phenoxy) is 2. The molecule has 4 rings (SSSR count). The zero-order valence-electron chi connectivity index (χ0n) is 23.6. The minimum atomic E-state index is -4.10. The lowest BCUT2D eigenvalue weighted by Crippen LogP contribution is -2.61. The Balaban J connectivity index is 1.70. The van der Waals surface area contributed by atoms with Gasteiger partial charge in [0.15, 0.2) is 6.29 Å². The smallest absolute Gasteiger partial charge is 0.243 e. The summed E-state index contributed by atoms with van der Waals surface area (Å²) in [5.41, 5.74) is 12.3. The molecule has 5 atom stereocenters. The highest BCUT2D eigenvalue weighted by Gasteiger charge is 2.47. The molecule has 2 aromatic carbocycles. The molecule has 12 heteroatoms. The van der Waals surface area contributed by atoms with Gasteiger partial charge in [-0.15, -0.1) is 0 Å². The van der Waals surface area contributed by atoms with E-state index in [4.69, 9.17) is 20.9 Å². The fraction of sp³-hybridized carbons (Fsp3) is 0.552.